The molecule has 0 radical (unpaired) electrons. The van der Waals surface area contributed by atoms with Crippen LogP contribution in [0.2, 0.25) is 5.15 Å². The van der Waals surface area contributed by atoms with Crippen LogP contribution in [0.4, 0.5) is 10.2 Å². The van der Waals surface area contributed by atoms with Gasteiger partial charge in [-0.1, -0.05) is 17.7 Å². The van der Waals surface area contributed by atoms with E-state index in [4.69, 9.17) is 11.6 Å². The van der Waals surface area contributed by atoms with Crippen molar-refractivity contribution in [2.75, 3.05) is 5.32 Å². The van der Waals surface area contributed by atoms with Gasteiger partial charge in [-0.25, -0.2) is 14.4 Å². The normalized spacial score (nSPS) is 10.2. The Morgan fingerprint density at radius 2 is 2.06 bits per heavy atom. The number of hydrogen-bond donors (Lipinski definition) is 1. The molecule has 0 fully saturated rings. The number of hydrogen-bond acceptors (Lipinski definition) is 3. The van der Waals surface area contributed by atoms with Crippen LogP contribution in [0.25, 0.3) is 0 Å². The van der Waals surface area contributed by atoms with E-state index in [0.29, 0.717) is 0 Å². The second kappa shape index (κ2) is 5.41. The van der Waals surface area contributed by atoms with Gasteiger partial charge in [0.1, 0.15) is 5.82 Å². The summed E-state index contributed by atoms with van der Waals surface area (Å²) in [7, 11) is 0. The molecule has 0 aliphatic heterocycles. The average Bonchev–Trinajstić information content (AvgIpc) is 2.35. The molecule has 0 saturated heterocycles. The van der Waals surface area contributed by atoms with Crippen LogP contribution < -0.4 is 5.32 Å². The highest BCUT2D eigenvalue weighted by Gasteiger charge is 2.15. The fourth-order valence-corrected chi connectivity index (χ4v) is 1.86. The molecule has 1 N–H and O–H groups in total. The number of amides is 1. The molecule has 1 aromatic carbocycles. The van der Waals surface area contributed by atoms with Crippen molar-refractivity contribution >= 4 is 39.3 Å². The summed E-state index contributed by atoms with van der Waals surface area (Å²) in [5.74, 6) is -0.919. The van der Waals surface area contributed by atoms with E-state index < -0.39 is 11.7 Å². The molecule has 0 bridgehead atoms. The Kier molecular flexibility index (Phi) is 3.88. The number of anilines is 1. The summed E-state index contributed by atoms with van der Waals surface area (Å²) in [5.41, 5.74) is 0.150. The molecule has 0 unspecified atom stereocenters. The molecule has 2 rings (SSSR count). The van der Waals surface area contributed by atoms with Gasteiger partial charge < -0.3 is 5.32 Å². The molecule has 18 heavy (non-hydrogen) atoms. The van der Waals surface area contributed by atoms with Crippen LogP contribution in [0.15, 0.2) is 35.1 Å². The zero-order chi connectivity index (χ0) is 13.1. The van der Waals surface area contributed by atoms with Crippen molar-refractivity contribution in [3.63, 3.8) is 0 Å². The van der Waals surface area contributed by atoms with E-state index in [1.807, 2.05) is 0 Å². The van der Waals surface area contributed by atoms with Gasteiger partial charge in [0.05, 0.1) is 10.0 Å². The van der Waals surface area contributed by atoms with Gasteiger partial charge in [0.25, 0.3) is 5.91 Å². The maximum Gasteiger partial charge on any atom is 0.258 e. The van der Waals surface area contributed by atoms with E-state index in [1.165, 1.54) is 30.6 Å². The number of halogens is 3. The molecule has 0 atom stereocenters. The monoisotopic (exact) mass is 329 g/mol. The molecule has 1 amide bonds. The third-order valence-corrected chi connectivity index (χ3v) is 3.16. The lowest BCUT2D eigenvalue weighted by molar-refractivity contribution is 0.102. The van der Waals surface area contributed by atoms with Crippen molar-refractivity contribution in [3.8, 4) is 0 Å². The number of carbonyl (C=O) groups excluding carboxylic acids is 1. The predicted octanol–water partition coefficient (Wildman–Crippen LogP) is 3.28. The maximum absolute atomic E-state index is 13.3. The van der Waals surface area contributed by atoms with Gasteiger partial charge in [0, 0.05) is 12.4 Å². The zero-order valence-electron chi connectivity index (χ0n) is 8.82. The van der Waals surface area contributed by atoms with Gasteiger partial charge in [0.2, 0.25) is 0 Å². The van der Waals surface area contributed by atoms with Crippen LogP contribution in [0.5, 0.6) is 0 Å². The molecule has 0 aliphatic rings. The van der Waals surface area contributed by atoms with Crippen molar-refractivity contribution in [3.05, 3.63) is 51.6 Å². The number of aromatic nitrogens is 2. The number of benzene rings is 1. The Morgan fingerprint density at radius 3 is 2.78 bits per heavy atom. The van der Waals surface area contributed by atoms with Gasteiger partial charge in [-0.3, -0.25) is 4.79 Å². The average molecular weight is 331 g/mol. The number of nitrogens with zero attached hydrogens (tertiary/aromatic N) is 2. The summed E-state index contributed by atoms with van der Waals surface area (Å²) in [4.78, 5) is 19.5. The van der Waals surface area contributed by atoms with Gasteiger partial charge in [-0.15, -0.1) is 0 Å². The lowest BCUT2D eigenvalue weighted by Gasteiger charge is -2.07. The van der Waals surface area contributed by atoms with E-state index in [1.54, 1.807) is 0 Å². The highest BCUT2D eigenvalue weighted by Crippen LogP contribution is 2.22. The van der Waals surface area contributed by atoms with Crippen LogP contribution in [-0.2, 0) is 0 Å². The van der Waals surface area contributed by atoms with Crippen LogP contribution in [-0.4, -0.2) is 15.9 Å². The quantitative estimate of drug-likeness (QED) is 0.919. The first-order valence-corrected chi connectivity index (χ1v) is 5.98. The van der Waals surface area contributed by atoms with Crippen molar-refractivity contribution in [2.24, 2.45) is 0 Å². The van der Waals surface area contributed by atoms with Crippen LogP contribution in [0.1, 0.15) is 10.4 Å². The van der Waals surface area contributed by atoms with Crippen molar-refractivity contribution in [1.82, 2.24) is 9.97 Å². The number of nitrogens with one attached hydrogen (secondary N) is 1. The summed E-state index contributed by atoms with van der Waals surface area (Å²) in [6, 6.07) is 4.16. The Hall–Kier alpha value is -1.53. The lowest BCUT2D eigenvalue weighted by Crippen LogP contribution is -2.14. The third kappa shape index (κ3) is 2.65. The molecule has 1 aromatic heterocycles. The molecule has 2 aromatic rings. The molecular weight excluding hydrogens is 324 g/mol. The fraction of sp³-hybridized carbons (Fsp3) is 0. The summed E-state index contributed by atoms with van der Waals surface area (Å²) < 4.78 is 13.4. The highest BCUT2D eigenvalue weighted by atomic mass is 79.9. The van der Waals surface area contributed by atoms with E-state index in [-0.39, 0.29) is 21.0 Å². The Labute approximate surface area is 115 Å². The molecule has 7 heteroatoms. The predicted molar refractivity (Wildman–Crippen MR) is 69.1 cm³/mol. The first-order chi connectivity index (χ1) is 8.59. The van der Waals surface area contributed by atoms with Crippen molar-refractivity contribution in [1.29, 1.82) is 0 Å². The molecular formula is C11H6BrClFN3O. The molecule has 0 spiro atoms. The minimum atomic E-state index is -0.524. The first-order valence-electron chi connectivity index (χ1n) is 4.81. The number of carbonyl (C=O) groups is 1. The Balaban J connectivity index is 2.28. The van der Waals surface area contributed by atoms with Gasteiger partial charge in [-0.2, -0.15) is 0 Å². The molecule has 4 nitrogen and oxygen atoms in total. The van der Waals surface area contributed by atoms with Crippen LogP contribution in [0, 0.1) is 5.82 Å². The van der Waals surface area contributed by atoms with Gasteiger partial charge >= 0.3 is 0 Å². The molecule has 0 saturated carbocycles. The second-order valence-corrected chi connectivity index (χ2v) is 4.40. The Morgan fingerprint density at radius 1 is 1.33 bits per heavy atom. The molecule has 1 heterocycles. The fourth-order valence-electron chi connectivity index (χ4n) is 1.26. The van der Waals surface area contributed by atoms with E-state index in [9.17, 15) is 9.18 Å². The smallest absolute Gasteiger partial charge is 0.258 e. The van der Waals surface area contributed by atoms with E-state index in [0.717, 1.165) is 0 Å². The second-order valence-electron chi connectivity index (χ2n) is 3.25. The summed E-state index contributed by atoms with van der Waals surface area (Å²) >= 11 is 8.76. The third-order valence-electron chi connectivity index (χ3n) is 2.08. The topological polar surface area (TPSA) is 54.9 Å². The van der Waals surface area contributed by atoms with Crippen LogP contribution in [0.3, 0.4) is 0 Å². The van der Waals surface area contributed by atoms with E-state index >= 15 is 0 Å². The first kappa shape index (κ1) is 12.9. The molecule has 0 aliphatic carbocycles. The van der Waals surface area contributed by atoms with Gasteiger partial charge in [-0.05, 0) is 28.1 Å². The summed E-state index contributed by atoms with van der Waals surface area (Å²) in [6.07, 6.45) is 2.79. The van der Waals surface area contributed by atoms with Crippen molar-refractivity contribution in [2.45, 2.75) is 0 Å². The number of rotatable bonds is 2. The minimum Gasteiger partial charge on any atom is -0.304 e. The summed E-state index contributed by atoms with van der Waals surface area (Å²) in [6.45, 7) is 0. The molecule has 92 valence electrons. The SMILES string of the molecule is O=C(Nc1nccnc1Cl)c1cccc(F)c1Br. The van der Waals surface area contributed by atoms with Crippen molar-refractivity contribution < 1.29 is 9.18 Å². The van der Waals surface area contributed by atoms with Crippen LogP contribution >= 0.6 is 27.5 Å². The van der Waals surface area contributed by atoms with E-state index in [2.05, 4.69) is 31.2 Å². The standard InChI is InChI=1S/C11H6BrClFN3O/c12-8-6(2-1-3-7(8)14)11(18)17-10-9(13)15-4-5-16-10/h1-5H,(H,16,17,18). The highest BCUT2D eigenvalue weighted by molar-refractivity contribution is 9.10. The zero-order valence-corrected chi connectivity index (χ0v) is 11.2. The van der Waals surface area contributed by atoms with Gasteiger partial charge in [0.15, 0.2) is 11.0 Å². The Bertz CT molecular complexity index is 609. The maximum atomic E-state index is 13.3. The largest absolute Gasteiger partial charge is 0.304 e. The lowest BCUT2D eigenvalue weighted by atomic mass is 10.2. The minimum absolute atomic E-state index is 0.0679. The summed E-state index contributed by atoms with van der Waals surface area (Å²) in [5, 5.41) is 2.52.